The normalized spacial score (nSPS) is 11.4. The smallest absolute Gasteiger partial charge is 0.151 e. The Balaban J connectivity index is 1.43. The minimum atomic E-state index is 0.660. The van der Waals surface area contributed by atoms with Crippen molar-refractivity contribution < 1.29 is 0 Å². The van der Waals surface area contributed by atoms with E-state index in [0.717, 1.165) is 59.8 Å². The fraction of sp³-hybridized carbons (Fsp3) is 0.217. The van der Waals surface area contributed by atoms with Gasteiger partial charge in [0.25, 0.3) is 0 Å². The van der Waals surface area contributed by atoms with E-state index in [4.69, 9.17) is 39.8 Å². The molecule has 0 radical (unpaired) electrons. The third-order valence-corrected chi connectivity index (χ3v) is 5.96. The highest BCUT2D eigenvalue weighted by Crippen LogP contribution is 2.28. The predicted molar refractivity (Wildman–Crippen MR) is 138 cm³/mol. The highest BCUT2D eigenvalue weighted by atomic mass is 35.5. The van der Waals surface area contributed by atoms with Crippen LogP contribution in [0.3, 0.4) is 0 Å². The molecule has 0 unspecified atom stereocenters. The van der Waals surface area contributed by atoms with E-state index < -0.39 is 0 Å². The van der Waals surface area contributed by atoms with Crippen LogP contribution >= 0.6 is 34.8 Å². The summed E-state index contributed by atoms with van der Waals surface area (Å²) < 4.78 is 1.84. The van der Waals surface area contributed by atoms with E-state index in [1.54, 1.807) is 6.07 Å². The molecule has 0 saturated heterocycles. The SMILES string of the molecule is Bc1cnn2c(NCCCN(C)Cc3cc(Cl)cc(Cl)c3)cc(-c3ccccc3Cl)nc12. The van der Waals surface area contributed by atoms with Crippen LogP contribution in [-0.4, -0.2) is 47.5 Å². The van der Waals surface area contributed by atoms with Crippen molar-refractivity contribution in [3.63, 3.8) is 0 Å². The molecule has 2 aromatic heterocycles. The molecule has 0 amide bonds. The summed E-state index contributed by atoms with van der Waals surface area (Å²) in [4.78, 5) is 7.04. The van der Waals surface area contributed by atoms with Crippen LogP contribution in [0.2, 0.25) is 15.1 Å². The van der Waals surface area contributed by atoms with Gasteiger partial charge < -0.3 is 10.2 Å². The van der Waals surface area contributed by atoms with Crippen molar-refractivity contribution in [2.75, 3.05) is 25.5 Å². The Bertz CT molecular complexity index is 1220. The van der Waals surface area contributed by atoms with E-state index in [1.807, 2.05) is 61.0 Å². The van der Waals surface area contributed by atoms with Crippen molar-refractivity contribution in [3.8, 4) is 11.3 Å². The topological polar surface area (TPSA) is 45.5 Å². The summed E-state index contributed by atoms with van der Waals surface area (Å²) >= 11 is 18.6. The molecule has 2 heterocycles. The number of hydrogen-bond acceptors (Lipinski definition) is 4. The van der Waals surface area contributed by atoms with Crippen LogP contribution in [0.25, 0.3) is 16.9 Å². The van der Waals surface area contributed by atoms with Crippen LogP contribution in [0.4, 0.5) is 5.82 Å². The van der Waals surface area contributed by atoms with Crippen LogP contribution in [0, 0.1) is 0 Å². The van der Waals surface area contributed by atoms with Crippen molar-refractivity contribution in [1.29, 1.82) is 0 Å². The van der Waals surface area contributed by atoms with Crippen LogP contribution in [0.1, 0.15) is 12.0 Å². The molecule has 5 nitrogen and oxygen atoms in total. The summed E-state index contributed by atoms with van der Waals surface area (Å²) in [5.74, 6) is 0.891. The molecule has 164 valence electrons. The average Bonchev–Trinajstić information content (AvgIpc) is 3.11. The van der Waals surface area contributed by atoms with Gasteiger partial charge in [0.05, 0.1) is 5.69 Å². The molecule has 0 saturated carbocycles. The average molecular weight is 487 g/mol. The Morgan fingerprint density at radius 1 is 1.06 bits per heavy atom. The fourth-order valence-corrected chi connectivity index (χ4v) is 4.47. The first-order valence-corrected chi connectivity index (χ1v) is 11.5. The lowest BCUT2D eigenvalue weighted by Crippen LogP contribution is -2.21. The molecule has 9 heteroatoms. The molecule has 2 aromatic carbocycles. The number of benzene rings is 2. The van der Waals surface area contributed by atoms with E-state index >= 15 is 0 Å². The number of anilines is 1. The van der Waals surface area contributed by atoms with Gasteiger partial charge in [-0.25, -0.2) is 4.98 Å². The van der Waals surface area contributed by atoms with Gasteiger partial charge >= 0.3 is 0 Å². The van der Waals surface area contributed by atoms with Crippen LogP contribution in [-0.2, 0) is 6.54 Å². The van der Waals surface area contributed by atoms with Crippen molar-refractivity contribution >= 4 is 59.6 Å². The van der Waals surface area contributed by atoms with Gasteiger partial charge in [0.2, 0.25) is 0 Å². The second kappa shape index (κ2) is 10.1. The minimum absolute atomic E-state index is 0.660. The minimum Gasteiger partial charge on any atom is -0.370 e. The molecule has 4 aromatic rings. The lowest BCUT2D eigenvalue weighted by atomic mass is 10.0. The zero-order valence-electron chi connectivity index (χ0n) is 17.9. The second-order valence-electron chi connectivity index (χ2n) is 7.87. The van der Waals surface area contributed by atoms with E-state index in [0.29, 0.717) is 15.1 Å². The summed E-state index contributed by atoms with van der Waals surface area (Å²) in [6.45, 7) is 2.50. The molecule has 0 aliphatic rings. The largest absolute Gasteiger partial charge is 0.370 e. The fourth-order valence-electron chi connectivity index (χ4n) is 3.66. The molecule has 1 N–H and O–H groups in total. The number of hydrogen-bond donors (Lipinski definition) is 1. The summed E-state index contributed by atoms with van der Waals surface area (Å²) in [6.07, 6.45) is 2.78. The van der Waals surface area contributed by atoms with Gasteiger partial charge in [-0.05, 0) is 55.3 Å². The van der Waals surface area contributed by atoms with Gasteiger partial charge in [-0.15, -0.1) is 0 Å². The first kappa shape index (κ1) is 22.9. The Morgan fingerprint density at radius 2 is 1.81 bits per heavy atom. The Morgan fingerprint density at radius 3 is 2.56 bits per heavy atom. The van der Waals surface area contributed by atoms with Crippen LogP contribution in [0.5, 0.6) is 0 Å². The lowest BCUT2D eigenvalue weighted by molar-refractivity contribution is 0.325. The summed E-state index contributed by atoms with van der Waals surface area (Å²) in [5, 5.41) is 10.00. The van der Waals surface area contributed by atoms with Gasteiger partial charge in [-0.1, -0.05) is 53.0 Å². The number of nitrogens with zero attached hydrogens (tertiary/aromatic N) is 4. The number of halogens is 3. The Hall–Kier alpha value is -2.25. The van der Waals surface area contributed by atoms with Crippen LogP contribution in [0.15, 0.2) is 54.7 Å². The molecule has 0 atom stereocenters. The zero-order chi connectivity index (χ0) is 22.7. The molecular weight excluding hydrogens is 463 g/mol. The highest BCUT2D eigenvalue weighted by Gasteiger charge is 2.12. The maximum Gasteiger partial charge on any atom is 0.151 e. The molecular formula is C23H23BCl3N5. The maximum atomic E-state index is 6.42. The first-order valence-electron chi connectivity index (χ1n) is 10.4. The van der Waals surface area contributed by atoms with Gasteiger partial charge in [-0.2, -0.15) is 9.61 Å². The van der Waals surface area contributed by atoms with E-state index in [2.05, 4.69) is 22.4 Å². The molecule has 0 aliphatic carbocycles. The summed E-state index contributed by atoms with van der Waals surface area (Å²) in [5.41, 5.74) is 4.66. The Labute approximate surface area is 203 Å². The van der Waals surface area contributed by atoms with Crippen molar-refractivity contribution in [2.45, 2.75) is 13.0 Å². The lowest BCUT2D eigenvalue weighted by Gasteiger charge is -2.18. The molecule has 0 spiro atoms. The van der Waals surface area contributed by atoms with Gasteiger partial charge in [0.15, 0.2) is 5.65 Å². The van der Waals surface area contributed by atoms with Crippen molar-refractivity contribution in [3.05, 3.63) is 75.4 Å². The quantitative estimate of drug-likeness (QED) is 0.293. The highest BCUT2D eigenvalue weighted by molar-refractivity contribution is 6.36. The van der Waals surface area contributed by atoms with Gasteiger partial charge in [0, 0.05) is 46.0 Å². The molecule has 4 rings (SSSR count). The second-order valence-corrected chi connectivity index (χ2v) is 9.15. The molecule has 0 aliphatic heterocycles. The monoisotopic (exact) mass is 485 g/mol. The Kier molecular flexibility index (Phi) is 7.26. The standard InChI is InChI=1S/C23H23BCl3N5/c1-31(14-15-9-16(25)11-17(26)10-15)8-4-7-28-22-12-21(18-5-2-3-6-20(18)27)30-23-19(24)13-29-32(22)23/h2-3,5-6,9-13,28H,4,7-8,14,24H2,1H3. The zero-order valence-corrected chi connectivity index (χ0v) is 20.2. The molecule has 0 fully saturated rings. The maximum absolute atomic E-state index is 6.42. The van der Waals surface area contributed by atoms with E-state index in [1.165, 1.54) is 0 Å². The van der Waals surface area contributed by atoms with Gasteiger partial charge in [0.1, 0.15) is 13.7 Å². The summed E-state index contributed by atoms with van der Waals surface area (Å²) in [6, 6.07) is 15.4. The van der Waals surface area contributed by atoms with Gasteiger partial charge in [-0.3, -0.25) is 0 Å². The van der Waals surface area contributed by atoms with Crippen molar-refractivity contribution in [1.82, 2.24) is 19.5 Å². The van der Waals surface area contributed by atoms with Crippen LogP contribution < -0.4 is 10.8 Å². The number of fused-ring (bicyclic) bond motifs is 1. The first-order chi connectivity index (χ1) is 15.4. The third-order valence-electron chi connectivity index (χ3n) is 5.20. The number of rotatable bonds is 8. The predicted octanol–water partition coefficient (Wildman–Crippen LogP) is 4.55. The van der Waals surface area contributed by atoms with Crippen molar-refractivity contribution in [2.24, 2.45) is 0 Å². The number of aromatic nitrogens is 3. The van der Waals surface area contributed by atoms with E-state index in [-0.39, 0.29) is 0 Å². The number of nitrogens with one attached hydrogen (secondary N) is 1. The molecule has 32 heavy (non-hydrogen) atoms. The summed E-state index contributed by atoms with van der Waals surface area (Å²) in [7, 11) is 4.10. The molecule has 0 bridgehead atoms. The van der Waals surface area contributed by atoms with E-state index in [9.17, 15) is 0 Å². The third kappa shape index (κ3) is 5.38.